The van der Waals surface area contributed by atoms with Gasteiger partial charge in [-0.15, -0.1) is 0 Å². The number of hydrogen-bond acceptors (Lipinski definition) is 6. The number of aryl methyl sites for hydroxylation is 2. The monoisotopic (exact) mass is 287 g/mol. The fraction of sp³-hybridized carbons (Fsp3) is 0.231. The second-order valence-corrected chi connectivity index (χ2v) is 4.60. The van der Waals surface area contributed by atoms with Crippen molar-refractivity contribution in [2.24, 2.45) is 7.05 Å². The fourth-order valence-corrected chi connectivity index (χ4v) is 2.27. The van der Waals surface area contributed by atoms with Crippen LogP contribution < -0.4 is 5.32 Å². The van der Waals surface area contributed by atoms with Crippen molar-refractivity contribution in [2.75, 3.05) is 5.32 Å². The Kier molecular flexibility index (Phi) is 3.05. The van der Waals surface area contributed by atoms with Crippen molar-refractivity contribution in [3.8, 4) is 0 Å². The zero-order valence-corrected chi connectivity index (χ0v) is 11.5. The number of anilines is 1. The highest BCUT2D eigenvalue weighted by atomic mass is 16.5. The molecule has 0 aliphatic carbocycles. The topological polar surface area (TPSA) is 106 Å². The number of carboxylic acid groups (broad SMARTS) is 1. The van der Waals surface area contributed by atoms with Crippen LogP contribution >= 0.6 is 0 Å². The summed E-state index contributed by atoms with van der Waals surface area (Å²) < 4.78 is 6.38. The summed E-state index contributed by atoms with van der Waals surface area (Å²) in [6.45, 7) is 2.17. The Bertz CT molecular complexity index is 807. The van der Waals surface area contributed by atoms with E-state index < -0.39 is 5.97 Å². The van der Waals surface area contributed by atoms with Crippen molar-refractivity contribution in [1.82, 2.24) is 19.9 Å². The van der Waals surface area contributed by atoms with Gasteiger partial charge in [-0.05, 0) is 6.92 Å². The number of nitrogens with one attached hydrogen (secondary N) is 1. The van der Waals surface area contributed by atoms with Crippen molar-refractivity contribution in [2.45, 2.75) is 13.5 Å². The Hall–Kier alpha value is -2.90. The van der Waals surface area contributed by atoms with Crippen LogP contribution in [0.15, 0.2) is 23.0 Å². The van der Waals surface area contributed by atoms with E-state index in [0.717, 1.165) is 0 Å². The molecular formula is C13H13N5O3. The van der Waals surface area contributed by atoms with E-state index in [4.69, 9.17) is 4.52 Å². The third-order valence-electron chi connectivity index (χ3n) is 3.20. The Morgan fingerprint density at radius 3 is 3.00 bits per heavy atom. The first-order chi connectivity index (χ1) is 10.1. The Balaban J connectivity index is 2.12. The molecule has 0 aliphatic rings. The minimum absolute atomic E-state index is 0.0992. The van der Waals surface area contributed by atoms with Gasteiger partial charge in [0.25, 0.3) is 0 Å². The van der Waals surface area contributed by atoms with E-state index in [1.54, 1.807) is 17.8 Å². The maximum absolute atomic E-state index is 11.4. The predicted molar refractivity (Wildman–Crippen MR) is 74.0 cm³/mol. The fourth-order valence-electron chi connectivity index (χ4n) is 2.27. The largest absolute Gasteiger partial charge is 0.478 e. The summed E-state index contributed by atoms with van der Waals surface area (Å²) in [4.78, 5) is 15.6. The normalized spacial score (nSPS) is 11.0. The lowest BCUT2D eigenvalue weighted by molar-refractivity contribution is 0.0697. The summed E-state index contributed by atoms with van der Waals surface area (Å²) in [5, 5.41) is 21.2. The van der Waals surface area contributed by atoms with Crippen LogP contribution in [-0.4, -0.2) is 31.0 Å². The minimum Gasteiger partial charge on any atom is -0.478 e. The molecule has 0 spiro atoms. The standard InChI is InChI=1S/C13H13N5O3/c1-7-10-11(14-5-8-3-4-21-17-8)9(13(19)20)6-15-12(10)18(2)16-7/h3-4,6H,5H2,1-2H3,(H,14,15)(H,19,20). The number of carboxylic acids is 1. The molecule has 21 heavy (non-hydrogen) atoms. The van der Waals surface area contributed by atoms with E-state index in [0.29, 0.717) is 34.7 Å². The van der Waals surface area contributed by atoms with Gasteiger partial charge in [0, 0.05) is 19.3 Å². The van der Waals surface area contributed by atoms with E-state index >= 15 is 0 Å². The third-order valence-corrected chi connectivity index (χ3v) is 3.20. The van der Waals surface area contributed by atoms with Gasteiger partial charge in [0.15, 0.2) is 5.65 Å². The molecule has 0 saturated carbocycles. The molecule has 0 aromatic carbocycles. The maximum Gasteiger partial charge on any atom is 0.339 e. The number of fused-ring (bicyclic) bond motifs is 1. The lowest BCUT2D eigenvalue weighted by Crippen LogP contribution is -2.08. The molecule has 3 rings (SSSR count). The SMILES string of the molecule is Cc1nn(C)c2ncc(C(=O)O)c(NCc3ccon3)c12. The summed E-state index contributed by atoms with van der Waals surface area (Å²) >= 11 is 0. The van der Waals surface area contributed by atoms with Crippen molar-refractivity contribution < 1.29 is 14.4 Å². The quantitative estimate of drug-likeness (QED) is 0.750. The molecule has 0 unspecified atom stereocenters. The van der Waals surface area contributed by atoms with Crippen molar-refractivity contribution in [3.05, 3.63) is 35.5 Å². The Morgan fingerprint density at radius 1 is 1.52 bits per heavy atom. The zero-order valence-electron chi connectivity index (χ0n) is 11.5. The molecule has 108 valence electrons. The molecule has 8 heteroatoms. The predicted octanol–water partition coefficient (Wildman–Crippen LogP) is 1.58. The third kappa shape index (κ3) is 2.20. The molecule has 0 radical (unpaired) electrons. The van der Waals surface area contributed by atoms with Crippen LogP contribution in [0.3, 0.4) is 0 Å². The number of aromatic nitrogens is 4. The van der Waals surface area contributed by atoms with E-state index in [1.165, 1.54) is 12.5 Å². The van der Waals surface area contributed by atoms with E-state index in [1.807, 2.05) is 6.92 Å². The van der Waals surface area contributed by atoms with Crippen molar-refractivity contribution >= 4 is 22.7 Å². The van der Waals surface area contributed by atoms with Crippen LogP contribution in [0.2, 0.25) is 0 Å². The van der Waals surface area contributed by atoms with Crippen molar-refractivity contribution in [3.63, 3.8) is 0 Å². The van der Waals surface area contributed by atoms with Crippen LogP contribution in [-0.2, 0) is 13.6 Å². The van der Waals surface area contributed by atoms with Gasteiger partial charge < -0.3 is 14.9 Å². The summed E-state index contributed by atoms with van der Waals surface area (Å²) in [5.41, 5.74) is 2.60. The molecule has 0 aliphatic heterocycles. The molecule has 0 bridgehead atoms. The number of pyridine rings is 1. The van der Waals surface area contributed by atoms with Crippen LogP contribution in [0.25, 0.3) is 11.0 Å². The van der Waals surface area contributed by atoms with Crippen LogP contribution in [0.1, 0.15) is 21.7 Å². The number of hydrogen-bond donors (Lipinski definition) is 2. The first-order valence-corrected chi connectivity index (χ1v) is 6.26. The van der Waals surface area contributed by atoms with Gasteiger partial charge in [-0.25, -0.2) is 9.78 Å². The van der Waals surface area contributed by atoms with Crippen LogP contribution in [0.4, 0.5) is 5.69 Å². The lowest BCUT2D eigenvalue weighted by Gasteiger charge is -2.10. The first kappa shape index (κ1) is 13.1. The molecule has 3 aromatic rings. The molecule has 0 fully saturated rings. The highest BCUT2D eigenvalue weighted by molar-refractivity contribution is 6.04. The van der Waals surface area contributed by atoms with Gasteiger partial charge in [0.2, 0.25) is 0 Å². The lowest BCUT2D eigenvalue weighted by atomic mass is 10.1. The number of rotatable bonds is 4. The van der Waals surface area contributed by atoms with E-state index in [2.05, 4.69) is 20.6 Å². The number of aromatic carboxylic acids is 1. The minimum atomic E-state index is -1.05. The van der Waals surface area contributed by atoms with Gasteiger partial charge in [0.1, 0.15) is 17.5 Å². The van der Waals surface area contributed by atoms with E-state index in [9.17, 15) is 9.90 Å². The number of nitrogens with zero attached hydrogens (tertiary/aromatic N) is 4. The number of carbonyl (C=O) groups is 1. The summed E-state index contributed by atoms with van der Waals surface area (Å²) in [5.74, 6) is -1.05. The van der Waals surface area contributed by atoms with Gasteiger partial charge >= 0.3 is 5.97 Å². The summed E-state index contributed by atoms with van der Waals surface area (Å²) in [7, 11) is 1.77. The van der Waals surface area contributed by atoms with Crippen molar-refractivity contribution in [1.29, 1.82) is 0 Å². The van der Waals surface area contributed by atoms with Crippen LogP contribution in [0.5, 0.6) is 0 Å². The average Bonchev–Trinajstić information content (AvgIpc) is 3.05. The van der Waals surface area contributed by atoms with E-state index in [-0.39, 0.29) is 5.56 Å². The Labute approximate surface area is 119 Å². The molecule has 8 nitrogen and oxygen atoms in total. The zero-order chi connectivity index (χ0) is 15.0. The summed E-state index contributed by atoms with van der Waals surface area (Å²) in [6, 6.07) is 1.71. The summed E-state index contributed by atoms with van der Waals surface area (Å²) in [6.07, 6.45) is 2.80. The highest BCUT2D eigenvalue weighted by Crippen LogP contribution is 2.28. The maximum atomic E-state index is 11.4. The van der Waals surface area contributed by atoms with Gasteiger partial charge in [0.05, 0.1) is 23.3 Å². The Morgan fingerprint density at radius 2 is 2.33 bits per heavy atom. The second kappa shape index (κ2) is 4.89. The molecule has 3 aromatic heterocycles. The smallest absolute Gasteiger partial charge is 0.339 e. The van der Waals surface area contributed by atoms with Crippen LogP contribution in [0, 0.1) is 6.92 Å². The highest BCUT2D eigenvalue weighted by Gasteiger charge is 2.19. The average molecular weight is 287 g/mol. The molecule has 2 N–H and O–H groups in total. The molecule has 0 saturated heterocycles. The van der Waals surface area contributed by atoms with Gasteiger partial charge in [-0.2, -0.15) is 5.10 Å². The molecule has 0 amide bonds. The second-order valence-electron chi connectivity index (χ2n) is 4.60. The first-order valence-electron chi connectivity index (χ1n) is 6.26. The molecular weight excluding hydrogens is 274 g/mol. The molecule has 3 heterocycles. The van der Waals surface area contributed by atoms with Gasteiger partial charge in [-0.3, -0.25) is 4.68 Å². The van der Waals surface area contributed by atoms with Gasteiger partial charge in [-0.1, -0.05) is 5.16 Å². The molecule has 0 atom stereocenters.